The lowest BCUT2D eigenvalue weighted by molar-refractivity contribution is -0.0850. The molecule has 1 aromatic rings. The average Bonchev–Trinajstić information content (AvgIpc) is 2.96. The summed E-state index contributed by atoms with van der Waals surface area (Å²) in [6, 6.07) is 3.61. The number of guanidine groups is 1. The monoisotopic (exact) mass is 439 g/mol. The summed E-state index contributed by atoms with van der Waals surface area (Å²) < 4.78 is 16.4. The van der Waals surface area contributed by atoms with Crippen LogP contribution in [0.15, 0.2) is 21.5 Å². The first-order chi connectivity index (χ1) is 10.5. The minimum Gasteiger partial charge on any atom is -0.463 e. The van der Waals surface area contributed by atoms with Crippen LogP contribution in [0.25, 0.3) is 0 Å². The van der Waals surface area contributed by atoms with Gasteiger partial charge in [-0.2, -0.15) is 0 Å². The number of hydrogen-bond acceptors (Lipinski definition) is 5. The zero-order valence-electron chi connectivity index (χ0n) is 13.8. The lowest BCUT2D eigenvalue weighted by Gasteiger charge is -2.25. The number of furan rings is 1. The standard InChI is InChI=1S/C15H25N3O4.HI/c1-11-4-5-13(22-11)15(2,19)10-18-14(16-3)17-8-12-9-20-6-7-21-12;/h4-5,12,19H,6-10H2,1-3H3,(H2,16,17,18);1H. The van der Waals surface area contributed by atoms with Gasteiger partial charge in [0.05, 0.1) is 32.5 Å². The Morgan fingerprint density at radius 1 is 1.39 bits per heavy atom. The van der Waals surface area contributed by atoms with E-state index in [2.05, 4.69) is 15.6 Å². The van der Waals surface area contributed by atoms with E-state index in [4.69, 9.17) is 13.9 Å². The van der Waals surface area contributed by atoms with Crippen LogP contribution in [0.5, 0.6) is 0 Å². The fourth-order valence-electron chi connectivity index (χ4n) is 2.15. The van der Waals surface area contributed by atoms with Crippen molar-refractivity contribution in [1.82, 2.24) is 10.6 Å². The van der Waals surface area contributed by atoms with Crippen molar-refractivity contribution in [1.29, 1.82) is 0 Å². The first-order valence-electron chi connectivity index (χ1n) is 7.44. The molecule has 0 aromatic carbocycles. The molecule has 0 radical (unpaired) electrons. The molecule has 3 N–H and O–H groups in total. The molecule has 7 nitrogen and oxygen atoms in total. The SMILES string of the molecule is CN=C(NCC1COCCO1)NCC(C)(O)c1ccc(C)o1.I. The minimum atomic E-state index is -1.11. The Hall–Kier alpha value is -0.840. The Morgan fingerprint density at radius 2 is 2.17 bits per heavy atom. The van der Waals surface area contributed by atoms with E-state index in [-0.39, 0.29) is 36.6 Å². The van der Waals surface area contributed by atoms with E-state index in [9.17, 15) is 5.11 Å². The predicted molar refractivity (Wildman–Crippen MR) is 98.4 cm³/mol. The first kappa shape index (κ1) is 20.2. The Labute approximate surface area is 153 Å². The van der Waals surface area contributed by atoms with Crippen LogP contribution in [0.3, 0.4) is 0 Å². The van der Waals surface area contributed by atoms with E-state index in [1.165, 1.54) is 0 Å². The molecule has 1 saturated heterocycles. The third-order valence-corrected chi connectivity index (χ3v) is 3.48. The van der Waals surface area contributed by atoms with Crippen molar-refractivity contribution in [3.8, 4) is 0 Å². The predicted octanol–water partition coefficient (Wildman–Crippen LogP) is 0.994. The summed E-state index contributed by atoms with van der Waals surface area (Å²) in [6.45, 7) is 6.26. The fraction of sp³-hybridized carbons (Fsp3) is 0.667. The van der Waals surface area contributed by atoms with Gasteiger partial charge >= 0.3 is 0 Å². The van der Waals surface area contributed by atoms with Gasteiger partial charge in [0.15, 0.2) is 5.96 Å². The van der Waals surface area contributed by atoms with Crippen molar-refractivity contribution in [2.75, 3.05) is 40.0 Å². The van der Waals surface area contributed by atoms with E-state index in [1.807, 2.05) is 13.0 Å². The smallest absolute Gasteiger partial charge is 0.191 e. The number of ether oxygens (including phenoxy) is 2. The average molecular weight is 439 g/mol. The van der Waals surface area contributed by atoms with Crippen molar-refractivity contribution in [2.45, 2.75) is 25.6 Å². The van der Waals surface area contributed by atoms with E-state index in [0.717, 1.165) is 5.76 Å². The van der Waals surface area contributed by atoms with Gasteiger partial charge in [-0.3, -0.25) is 4.99 Å². The highest BCUT2D eigenvalue weighted by Gasteiger charge is 2.27. The number of halogens is 1. The second-order valence-electron chi connectivity index (χ2n) is 5.56. The highest BCUT2D eigenvalue weighted by molar-refractivity contribution is 14.0. The van der Waals surface area contributed by atoms with Crippen LogP contribution < -0.4 is 10.6 Å². The number of rotatable bonds is 5. The number of aryl methyl sites for hydroxylation is 1. The van der Waals surface area contributed by atoms with Gasteiger partial charge in [0.1, 0.15) is 17.1 Å². The number of nitrogens with zero attached hydrogens (tertiary/aromatic N) is 1. The second-order valence-corrected chi connectivity index (χ2v) is 5.56. The molecule has 0 saturated carbocycles. The molecule has 23 heavy (non-hydrogen) atoms. The van der Waals surface area contributed by atoms with Gasteiger partial charge in [0.2, 0.25) is 0 Å². The molecule has 2 atom stereocenters. The molecule has 0 bridgehead atoms. The molecule has 0 amide bonds. The molecule has 2 heterocycles. The zero-order chi connectivity index (χ0) is 16.0. The molecule has 2 rings (SSSR count). The van der Waals surface area contributed by atoms with Crippen LogP contribution >= 0.6 is 24.0 Å². The highest BCUT2D eigenvalue weighted by atomic mass is 127. The maximum Gasteiger partial charge on any atom is 0.191 e. The van der Waals surface area contributed by atoms with E-state index < -0.39 is 5.60 Å². The van der Waals surface area contributed by atoms with Gasteiger partial charge in [-0.25, -0.2) is 0 Å². The van der Waals surface area contributed by atoms with E-state index in [1.54, 1.807) is 20.0 Å². The molecule has 132 valence electrons. The molecular weight excluding hydrogens is 413 g/mol. The van der Waals surface area contributed by atoms with Crippen LogP contribution in [0, 0.1) is 6.92 Å². The minimum absolute atomic E-state index is 0. The van der Waals surface area contributed by atoms with E-state index in [0.29, 0.717) is 38.1 Å². The number of aliphatic hydroxyl groups is 1. The molecule has 8 heteroatoms. The van der Waals surface area contributed by atoms with Gasteiger partial charge < -0.3 is 29.6 Å². The Kier molecular flexibility index (Phi) is 8.31. The Bertz CT molecular complexity index is 499. The highest BCUT2D eigenvalue weighted by Crippen LogP contribution is 2.21. The number of hydrogen-bond donors (Lipinski definition) is 3. The third-order valence-electron chi connectivity index (χ3n) is 3.48. The molecule has 0 aliphatic carbocycles. The number of aliphatic imine (C=N–C) groups is 1. The van der Waals surface area contributed by atoms with Gasteiger partial charge in [0.25, 0.3) is 0 Å². The zero-order valence-corrected chi connectivity index (χ0v) is 16.1. The van der Waals surface area contributed by atoms with Crippen molar-refractivity contribution in [3.05, 3.63) is 23.7 Å². The molecule has 1 fully saturated rings. The lowest BCUT2D eigenvalue weighted by Crippen LogP contribution is -2.48. The summed E-state index contributed by atoms with van der Waals surface area (Å²) in [6.07, 6.45) is 0.0144. The third kappa shape index (κ3) is 6.28. The lowest BCUT2D eigenvalue weighted by atomic mass is 10.0. The first-order valence-corrected chi connectivity index (χ1v) is 7.44. The Balaban J connectivity index is 0.00000264. The van der Waals surface area contributed by atoms with Gasteiger partial charge in [0, 0.05) is 13.6 Å². The van der Waals surface area contributed by atoms with Gasteiger partial charge in [-0.05, 0) is 26.0 Å². The molecule has 0 spiro atoms. The van der Waals surface area contributed by atoms with Crippen molar-refractivity contribution in [2.24, 2.45) is 4.99 Å². The van der Waals surface area contributed by atoms with Crippen molar-refractivity contribution < 1.29 is 19.0 Å². The van der Waals surface area contributed by atoms with Crippen molar-refractivity contribution in [3.63, 3.8) is 0 Å². The summed E-state index contributed by atoms with van der Waals surface area (Å²) in [5.41, 5.74) is -1.11. The van der Waals surface area contributed by atoms with Crippen LogP contribution in [-0.2, 0) is 15.1 Å². The molecule has 1 aromatic heterocycles. The largest absolute Gasteiger partial charge is 0.463 e. The topological polar surface area (TPSA) is 88.3 Å². The Morgan fingerprint density at radius 3 is 2.74 bits per heavy atom. The van der Waals surface area contributed by atoms with Crippen LogP contribution in [0.1, 0.15) is 18.4 Å². The molecule has 2 unspecified atom stereocenters. The second kappa shape index (κ2) is 9.45. The summed E-state index contributed by atoms with van der Waals surface area (Å²) in [7, 11) is 1.68. The maximum absolute atomic E-state index is 10.5. The fourth-order valence-corrected chi connectivity index (χ4v) is 2.15. The van der Waals surface area contributed by atoms with Gasteiger partial charge in [-0.15, -0.1) is 24.0 Å². The summed E-state index contributed by atoms with van der Waals surface area (Å²) >= 11 is 0. The van der Waals surface area contributed by atoms with Gasteiger partial charge in [-0.1, -0.05) is 0 Å². The van der Waals surface area contributed by atoms with Crippen LogP contribution in [0.2, 0.25) is 0 Å². The van der Waals surface area contributed by atoms with Crippen LogP contribution in [-0.4, -0.2) is 57.1 Å². The summed E-state index contributed by atoms with van der Waals surface area (Å²) in [5.74, 6) is 1.89. The van der Waals surface area contributed by atoms with Crippen LogP contribution in [0.4, 0.5) is 0 Å². The molecular formula is C15H26IN3O4. The van der Waals surface area contributed by atoms with Crippen molar-refractivity contribution >= 4 is 29.9 Å². The molecule has 1 aliphatic rings. The normalized spacial score (nSPS) is 21.2. The number of nitrogens with one attached hydrogen (secondary N) is 2. The summed E-state index contributed by atoms with van der Waals surface area (Å²) in [5, 5.41) is 16.7. The molecule has 1 aliphatic heterocycles. The summed E-state index contributed by atoms with van der Waals surface area (Å²) in [4.78, 5) is 4.13. The maximum atomic E-state index is 10.5. The quantitative estimate of drug-likeness (QED) is 0.361. The van der Waals surface area contributed by atoms with E-state index >= 15 is 0 Å².